The number of nitrogens with one attached hydrogen (secondary N) is 2. The van der Waals surface area contributed by atoms with E-state index in [9.17, 15) is 9.59 Å². The van der Waals surface area contributed by atoms with E-state index in [1.54, 1.807) is 13.0 Å². The monoisotopic (exact) mass is 298 g/mol. The van der Waals surface area contributed by atoms with Crippen LogP contribution in [0.5, 0.6) is 0 Å². The average molecular weight is 299 g/mol. The molecule has 1 aromatic rings. The van der Waals surface area contributed by atoms with E-state index in [2.05, 4.69) is 15.4 Å². The Bertz CT molecular complexity index is 491. The summed E-state index contributed by atoms with van der Waals surface area (Å²) in [6.45, 7) is 5.13. The van der Waals surface area contributed by atoms with Gasteiger partial charge in [-0.25, -0.2) is 4.79 Å². The van der Waals surface area contributed by atoms with Crippen LogP contribution in [-0.4, -0.2) is 32.1 Å². The first-order valence-corrected chi connectivity index (χ1v) is 6.76. The molecule has 0 radical (unpaired) electrons. The van der Waals surface area contributed by atoms with Crippen molar-refractivity contribution in [2.75, 3.05) is 25.5 Å². The summed E-state index contributed by atoms with van der Waals surface area (Å²) >= 11 is 5.90. The smallest absolute Gasteiger partial charge is 0.339 e. The normalized spacial score (nSPS) is 11.8. The van der Waals surface area contributed by atoms with Gasteiger partial charge in [-0.1, -0.05) is 25.4 Å². The highest BCUT2D eigenvalue weighted by Gasteiger charge is 2.17. The minimum atomic E-state index is -0.517. The molecule has 0 fully saturated rings. The number of hydrogen-bond acceptors (Lipinski definition) is 4. The molecule has 5 nitrogen and oxygen atoms in total. The predicted molar refractivity (Wildman–Crippen MR) is 79.1 cm³/mol. The topological polar surface area (TPSA) is 67.4 Å². The first kappa shape index (κ1) is 16.5. The van der Waals surface area contributed by atoms with Crippen LogP contribution in [0.25, 0.3) is 0 Å². The van der Waals surface area contributed by atoms with E-state index >= 15 is 0 Å². The van der Waals surface area contributed by atoms with E-state index in [0.29, 0.717) is 17.3 Å². The van der Waals surface area contributed by atoms with Gasteiger partial charge in [0.1, 0.15) is 0 Å². The van der Waals surface area contributed by atoms with Gasteiger partial charge in [0, 0.05) is 17.5 Å². The summed E-state index contributed by atoms with van der Waals surface area (Å²) in [7, 11) is 1.29. The fraction of sp³-hybridized carbons (Fsp3) is 0.429. The lowest BCUT2D eigenvalue weighted by Gasteiger charge is -2.14. The Morgan fingerprint density at radius 2 is 2.10 bits per heavy atom. The second kappa shape index (κ2) is 7.87. The number of rotatable bonds is 6. The summed E-state index contributed by atoms with van der Waals surface area (Å²) in [4.78, 5) is 23.7. The highest BCUT2D eigenvalue weighted by atomic mass is 35.5. The molecule has 0 saturated heterocycles. The van der Waals surface area contributed by atoms with Gasteiger partial charge in [0.25, 0.3) is 0 Å². The van der Waals surface area contributed by atoms with Crippen molar-refractivity contribution in [3.8, 4) is 0 Å². The zero-order chi connectivity index (χ0) is 15.1. The predicted octanol–water partition coefficient (Wildman–Crippen LogP) is 2.31. The Hall–Kier alpha value is -1.59. The van der Waals surface area contributed by atoms with Gasteiger partial charge in [0.05, 0.1) is 18.4 Å². The van der Waals surface area contributed by atoms with E-state index in [0.717, 1.165) is 6.54 Å². The van der Waals surface area contributed by atoms with Crippen molar-refractivity contribution in [2.24, 2.45) is 5.92 Å². The fourth-order valence-electron chi connectivity index (χ4n) is 1.62. The third kappa shape index (κ3) is 4.51. The second-order valence-electron chi connectivity index (χ2n) is 4.38. The standard InChI is InChI=1S/C14H19ClN2O3/c1-4-16-8-9(2)13(18)17-12-7-10(15)5-6-11(12)14(19)20-3/h5-7,9,16H,4,8H2,1-3H3,(H,17,18). The number of ether oxygens (including phenoxy) is 1. The van der Waals surface area contributed by atoms with Crippen molar-refractivity contribution >= 4 is 29.2 Å². The Labute approximate surface area is 123 Å². The van der Waals surface area contributed by atoms with Gasteiger partial charge < -0.3 is 15.4 Å². The van der Waals surface area contributed by atoms with Crippen LogP contribution in [0.2, 0.25) is 5.02 Å². The molecule has 20 heavy (non-hydrogen) atoms. The first-order chi connectivity index (χ1) is 9.49. The number of esters is 1. The molecule has 1 amide bonds. The summed E-state index contributed by atoms with van der Waals surface area (Å²) in [6.07, 6.45) is 0. The van der Waals surface area contributed by atoms with Crippen molar-refractivity contribution < 1.29 is 14.3 Å². The third-order valence-corrected chi connectivity index (χ3v) is 3.03. The van der Waals surface area contributed by atoms with Gasteiger partial charge in [-0.15, -0.1) is 0 Å². The Kier molecular flexibility index (Phi) is 6.48. The van der Waals surface area contributed by atoms with Crippen LogP contribution in [0.1, 0.15) is 24.2 Å². The fourth-order valence-corrected chi connectivity index (χ4v) is 1.79. The van der Waals surface area contributed by atoms with E-state index in [4.69, 9.17) is 11.6 Å². The van der Waals surface area contributed by atoms with Gasteiger partial charge in [0.2, 0.25) is 5.91 Å². The number of anilines is 1. The second-order valence-corrected chi connectivity index (χ2v) is 4.82. The molecule has 1 aromatic carbocycles. The number of hydrogen-bond donors (Lipinski definition) is 2. The summed E-state index contributed by atoms with van der Waals surface area (Å²) in [5.41, 5.74) is 0.638. The molecule has 1 unspecified atom stereocenters. The average Bonchev–Trinajstić information content (AvgIpc) is 2.44. The van der Waals surface area contributed by atoms with E-state index in [1.165, 1.54) is 19.2 Å². The largest absolute Gasteiger partial charge is 0.465 e. The Morgan fingerprint density at radius 1 is 1.40 bits per heavy atom. The van der Waals surface area contributed by atoms with Crippen LogP contribution in [-0.2, 0) is 9.53 Å². The molecular weight excluding hydrogens is 280 g/mol. The molecule has 0 saturated carbocycles. The van der Waals surface area contributed by atoms with Crippen molar-refractivity contribution in [2.45, 2.75) is 13.8 Å². The maximum atomic E-state index is 12.0. The number of halogens is 1. The van der Waals surface area contributed by atoms with Crippen LogP contribution >= 0.6 is 11.6 Å². The maximum absolute atomic E-state index is 12.0. The molecule has 0 aliphatic rings. The van der Waals surface area contributed by atoms with E-state index < -0.39 is 5.97 Å². The quantitative estimate of drug-likeness (QED) is 0.791. The maximum Gasteiger partial charge on any atom is 0.339 e. The molecule has 6 heteroatoms. The Balaban J connectivity index is 2.87. The van der Waals surface area contributed by atoms with Crippen LogP contribution < -0.4 is 10.6 Å². The zero-order valence-corrected chi connectivity index (χ0v) is 12.6. The van der Waals surface area contributed by atoms with Gasteiger partial charge in [-0.2, -0.15) is 0 Å². The lowest BCUT2D eigenvalue weighted by atomic mass is 10.1. The van der Waals surface area contributed by atoms with Gasteiger partial charge in [-0.05, 0) is 24.7 Å². The third-order valence-electron chi connectivity index (χ3n) is 2.79. The number of amides is 1. The van der Waals surface area contributed by atoms with Crippen molar-refractivity contribution in [3.63, 3.8) is 0 Å². The molecule has 0 aliphatic heterocycles. The van der Waals surface area contributed by atoms with Crippen molar-refractivity contribution in [1.82, 2.24) is 5.32 Å². The molecule has 1 rings (SSSR count). The molecule has 0 aliphatic carbocycles. The summed E-state index contributed by atoms with van der Waals surface area (Å²) in [5.74, 6) is -0.922. The number of benzene rings is 1. The van der Waals surface area contributed by atoms with Gasteiger partial charge in [0.15, 0.2) is 0 Å². The van der Waals surface area contributed by atoms with E-state index in [1.807, 2.05) is 6.92 Å². The van der Waals surface area contributed by atoms with Crippen molar-refractivity contribution in [1.29, 1.82) is 0 Å². The molecule has 110 valence electrons. The molecule has 1 atom stereocenters. The lowest BCUT2D eigenvalue weighted by Crippen LogP contribution is -2.30. The summed E-state index contributed by atoms with van der Waals surface area (Å²) in [6, 6.07) is 4.63. The van der Waals surface area contributed by atoms with Crippen molar-refractivity contribution in [3.05, 3.63) is 28.8 Å². The van der Waals surface area contributed by atoms with Gasteiger partial charge in [-0.3, -0.25) is 4.79 Å². The number of carbonyl (C=O) groups is 2. The van der Waals surface area contributed by atoms with Gasteiger partial charge >= 0.3 is 5.97 Å². The molecular formula is C14H19ClN2O3. The zero-order valence-electron chi connectivity index (χ0n) is 11.8. The highest BCUT2D eigenvalue weighted by Crippen LogP contribution is 2.22. The van der Waals surface area contributed by atoms with E-state index in [-0.39, 0.29) is 17.4 Å². The van der Waals surface area contributed by atoms with Crippen LogP contribution in [0.15, 0.2) is 18.2 Å². The van der Waals surface area contributed by atoms with Crippen LogP contribution in [0.3, 0.4) is 0 Å². The molecule has 0 aromatic heterocycles. The SMILES string of the molecule is CCNCC(C)C(=O)Nc1cc(Cl)ccc1C(=O)OC. The molecule has 0 bridgehead atoms. The lowest BCUT2D eigenvalue weighted by molar-refractivity contribution is -0.119. The molecule has 0 spiro atoms. The first-order valence-electron chi connectivity index (χ1n) is 6.39. The molecule has 2 N–H and O–H groups in total. The number of carbonyl (C=O) groups excluding carboxylic acids is 2. The van der Waals surface area contributed by atoms with Crippen LogP contribution in [0, 0.1) is 5.92 Å². The highest BCUT2D eigenvalue weighted by molar-refractivity contribution is 6.31. The van der Waals surface area contributed by atoms with Crippen LogP contribution in [0.4, 0.5) is 5.69 Å². The summed E-state index contributed by atoms with van der Waals surface area (Å²) in [5, 5.41) is 6.24. The Morgan fingerprint density at radius 3 is 2.70 bits per heavy atom. The number of methoxy groups -OCH3 is 1. The molecule has 0 heterocycles. The minimum absolute atomic E-state index is 0.182. The summed E-state index contributed by atoms with van der Waals surface area (Å²) < 4.78 is 4.68. The minimum Gasteiger partial charge on any atom is -0.465 e.